The second kappa shape index (κ2) is 6.71. The first-order valence-electron chi connectivity index (χ1n) is 7.74. The zero-order chi connectivity index (χ0) is 15.4. The lowest BCUT2D eigenvalue weighted by Crippen LogP contribution is -2.36. The molecule has 0 saturated carbocycles. The molecule has 1 heterocycles. The van der Waals surface area contributed by atoms with E-state index in [1.165, 1.54) is 16.8 Å². The van der Waals surface area contributed by atoms with Crippen molar-refractivity contribution in [3.63, 3.8) is 0 Å². The number of benzene rings is 2. The van der Waals surface area contributed by atoms with E-state index < -0.39 is 0 Å². The molecule has 0 bridgehead atoms. The number of hydrogen-bond acceptors (Lipinski definition) is 4. The van der Waals surface area contributed by atoms with Crippen LogP contribution in [0.25, 0.3) is 0 Å². The molecular weight excluding hydrogens is 274 g/mol. The second-order valence-electron chi connectivity index (χ2n) is 5.66. The van der Waals surface area contributed by atoms with Gasteiger partial charge in [-0.1, -0.05) is 18.2 Å². The highest BCUT2D eigenvalue weighted by atomic mass is 16.5. The van der Waals surface area contributed by atoms with Gasteiger partial charge in [-0.3, -0.25) is 0 Å². The number of morpholine rings is 1. The van der Waals surface area contributed by atoms with Crippen molar-refractivity contribution in [2.75, 3.05) is 42.3 Å². The van der Waals surface area contributed by atoms with E-state index in [-0.39, 0.29) is 0 Å². The van der Waals surface area contributed by atoms with Crippen LogP contribution < -0.4 is 16.0 Å². The molecule has 3 N–H and O–H groups in total. The van der Waals surface area contributed by atoms with Crippen LogP contribution in [0.2, 0.25) is 0 Å². The number of para-hydroxylation sites is 1. The van der Waals surface area contributed by atoms with Crippen molar-refractivity contribution in [1.29, 1.82) is 0 Å². The zero-order valence-electron chi connectivity index (χ0n) is 13.0. The Balaban J connectivity index is 1.74. The molecule has 2 aromatic rings. The Morgan fingerprint density at radius 1 is 1.14 bits per heavy atom. The van der Waals surface area contributed by atoms with Crippen molar-refractivity contribution in [2.45, 2.75) is 13.5 Å². The molecule has 0 aliphatic carbocycles. The fraction of sp³-hybridized carbons (Fsp3) is 0.333. The normalized spacial score (nSPS) is 14.9. The minimum Gasteiger partial charge on any atom is -0.399 e. The summed E-state index contributed by atoms with van der Waals surface area (Å²) in [6.07, 6.45) is 0. The summed E-state index contributed by atoms with van der Waals surface area (Å²) in [6, 6.07) is 14.5. The lowest BCUT2D eigenvalue weighted by atomic mass is 10.1. The molecular formula is C18H23N3O. The number of nitrogen functional groups attached to an aromatic ring is 1. The Hall–Kier alpha value is -2.20. The van der Waals surface area contributed by atoms with Crippen LogP contribution in [0.15, 0.2) is 42.5 Å². The Bertz CT molecular complexity index is 636. The van der Waals surface area contributed by atoms with Gasteiger partial charge >= 0.3 is 0 Å². The van der Waals surface area contributed by atoms with Gasteiger partial charge in [0.1, 0.15) is 0 Å². The number of aryl methyl sites for hydroxylation is 1. The van der Waals surface area contributed by atoms with Gasteiger partial charge in [-0.2, -0.15) is 0 Å². The van der Waals surface area contributed by atoms with Crippen LogP contribution >= 0.6 is 0 Å². The fourth-order valence-electron chi connectivity index (χ4n) is 2.85. The summed E-state index contributed by atoms with van der Waals surface area (Å²) in [4.78, 5) is 2.40. The van der Waals surface area contributed by atoms with Crippen LogP contribution in [0.3, 0.4) is 0 Å². The van der Waals surface area contributed by atoms with E-state index in [0.717, 1.165) is 44.2 Å². The summed E-state index contributed by atoms with van der Waals surface area (Å²) in [5.41, 5.74) is 11.5. The number of hydrogen-bond donors (Lipinski definition) is 2. The monoisotopic (exact) mass is 297 g/mol. The maximum Gasteiger partial charge on any atom is 0.0642 e. The summed E-state index contributed by atoms with van der Waals surface area (Å²) >= 11 is 0. The van der Waals surface area contributed by atoms with Crippen molar-refractivity contribution in [1.82, 2.24) is 0 Å². The van der Waals surface area contributed by atoms with Crippen LogP contribution in [-0.2, 0) is 11.3 Å². The minimum atomic E-state index is 0.803. The third-order valence-corrected chi connectivity index (χ3v) is 4.06. The van der Waals surface area contributed by atoms with E-state index in [4.69, 9.17) is 10.5 Å². The van der Waals surface area contributed by atoms with Gasteiger partial charge in [0.15, 0.2) is 0 Å². The summed E-state index contributed by atoms with van der Waals surface area (Å²) in [5.74, 6) is 0. The lowest BCUT2D eigenvalue weighted by Gasteiger charge is -2.30. The Morgan fingerprint density at radius 3 is 2.68 bits per heavy atom. The molecule has 0 amide bonds. The highest BCUT2D eigenvalue weighted by Crippen LogP contribution is 2.24. The molecule has 2 aromatic carbocycles. The molecule has 0 spiro atoms. The maximum atomic E-state index is 5.81. The van der Waals surface area contributed by atoms with E-state index in [1.54, 1.807) is 0 Å². The topological polar surface area (TPSA) is 50.5 Å². The summed E-state index contributed by atoms with van der Waals surface area (Å²) in [5, 5.41) is 3.52. The highest BCUT2D eigenvalue weighted by Gasteiger charge is 2.14. The molecule has 1 aliphatic rings. The molecule has 4 nitrogen and oxygen atoms in total. The molecule has 0 unspecified atom stereocenters. The Kier molecular flexibility index (Phi) is 4.49. The number of ether oxygens (including phenoxy) is 1. The van der Waals surface area contributed by atoms with Crippen molar-refractivity contribution in [3.05, 3.63) is 53.6 Å². The average molecular weight is 297 g/mol. The smallest absolute Gasteiger partial charge is 0.0642 e. The van der Waals surface area contributed by atoms with E-state index in [2.05, 4.69) is 41.4 Å². The molecule has 0 aromatic heterocycles. The lowest BCUT2D eigenvalue weighted by molar-refractivity contribution is 0.122. The van der Waals surface area contributed by atoms with Gasteiger partial charge in [0.05, 0.1) is 13.2 Å². The van der Waals surface area contributed by atoms with Gasteiger partial charge in [-0.05, 0) is 42.3 Å². The second-order valence-corrected chi connectivity index (χ2v) is 5.66. The standard InChI is InChI=1S/C18H23N3O/c1-14-12-16(19)6-7-17(14)20-13-15-4-2-3-5-18(15)21-8-10-22-11-9-21/h2-7,12,20H,8-11,13,19H2,1H3. The number of nitrogens with two attached hydrogens (primary N) is 1. The first kappa shape index (κ1) is 14.7. The number of nitrogens with zero attached hydrogens (tertiary/aromatic N) is 1. The summed E-state index contributed by atoms with van der Waals surface area (Å²) in [6.45, 7) is 6.40. The van der Waals surface area contributed by atoms with Crippen LogP contribution in [0.1, 0.15) is 11.1 Å². The fourth-order valence-corrected chi connectivity index (χ4v) is 2.85. The molecule has 4 heteroatoms. The summed E-state index contributed by atoms with van der Waals surface area (Å²) < 4.78 is 5.45. The molecule has 0 atom stereocenters. The van der Waals surface area contributed by atoms with Crippen LogP contribution in [-0.4, -0.2) is 26.3 Å². The van der Waals surface area contributed by atoms with Gasteiger partial charge in [-0.15, -0.1) is 0 Å². The van der Waals surface area contributed by atoms with Gasteiger partial charge in [0.25, 0.3) is 0 Å². The third kappa shape index (κ3) is 3.34. The molecule has 1 aliphatic heterocycles. The van der Waals surface area contributed by atoms with E-state index in [0.29, 0.717) is 0 Å². The van der Waals surface area contributed by atoms with E-state index in [9.17, 15) is 0 Å². The first-order chi connectivity index (χ1) is 10.7. The van der Waals surface area contributed by atoms with Gasteiger partial charge < -0.3 is 20.7 Å². The van der Waals surface area contributed by atoms with Crippen molar-refractivity contribution in [2.24, 2.45) is 0 Å². The van der Waals surface area contributed by atoms with Gasteiger partial charge in [0.2, 0.25) is 0 Å². The van der Waals surface area contributed by atoms with Gasteiger partial charge in [0, 0.05) is 36.7 Å². The zero-order valence-corrected chi connectivity index (χ0v) is 13.0. The maximum absolute atomic E-state index is 5.81. The minimum absolute atomic E-state index is 0.803. The third-order valence-electron chi connectivity index (χ3n) is 4.06. The number of anilines is 3. The number of rotatable bonds is 4. The molecule has 1 saturated heterocycles. The highest BCUT2D eigenvalue weighted by molar-refractivity contribution is 5.60. The van der Waals surface area contributed by atoms with Crippen molar-refractivity contribution >= 4 is 17.1 Å². The van der Waals surface area contributed by atoms with E-state index in [1.807, 2.05) is 18.2 Å². The largest absolute Gasteiger partial charge is 0.399 e. The Labute approximate surface area is 131 Å². The first-order valence-corrected chi connectivity index (χ1v) is 7.74. The van der Waals surface area contributed by atoms with Crippen molar-refractivity contribution in [3.8, 4) is 0 Å². The summed E-state index contributed by atoms with van der Waals surface area (Å²) in [7, 11) is 0. The molecule has 22 heavy (non-hydrogen) atoms. The number of nitrogens with one attached hydrogen (secondary N) is 1. The van der Waals surface area contributed by atoms with Crippen LogP contribution in [0.4, 0.5) is 17.1 Å². The van der Waals surface area contributed by atoms with E-state index >= 15 is 0 Å². The van der Waals surface area contributed by atoms with Crippen molar-refractivity contribution < 1.29 is 4.74 Å². The average Bonchev–Trinajstić information content (AvgIpc) is 2.55. The SMILES string of the molecule is Cc1cc(N)ccc1NCc1ccccc1N1CCOCC1. The van der Waals surface area contributed by atoms with Crippen LogP contribution in [0.5, 0.6) is 0 Å². The quantitative estimate of drug-likeness (QED) is 0.852. The predicted molar refractivity (Wildman–Crippen MR) is 92.4 cm³/mol. The molecule has 1 fully saturated rings. The van der Waals surface area contributed by atoms with Crippen LogP contribution in [0, 0.1) is 6.92 Å². The molecule has 0 radical (unpaired) electrons. The molecule has 3 rings (SSSR count). The van der Waals surface area contributed by atoms with Gasteiger partial charge in [-0.25, -0.2) is 0 Å². The predicted octanol–water partition coefficient (Wildman–Crippen LogP) is 3.03. The Morgan fingerprint density at radius 2 is 1.91 bits per heavy atom. The molecule has 116 valence electrons.